The molecule has 0 saturated carbocycles. The maximum absolute atomic E-state index is 13.1. The molecule has 3 aromatic rings. The van der Waals surface area contributed by atoms with Crippen LogP contribution >= 0.6 is 0 Å². The van der Waals surface area contributed by atoms with Gasteiger partial charge in [-0.15, -0.1) is 0 Å². The highest BCUT2D eigenvalue weighted by Gasteiger charge is 2.33. The van der Waals surface area contributed by atoms with E-state index in [0.717, 1.165) is 43.7 Å². The van der Waals surface area contributed by atoms with E-state index in [0.29, 0.717) is 37.3 Å². The van der Waals surface area contributed by atoms with Crippen LogP contribution in [-0.2, 0) is 6.54 Å². The largest absolute Gasteiger partial charge is 0.416 e. The van der Waals surface area contributed by atoms with Crippen LogP contribution in [0.25, 0.3) is 5.57 Å². The van der Waals surface area contributed by atoms with E-state index in [1.54, 1.807) is 29.2 Å². The van der Waals surface area contributed by atoms with Gasteiger partial charge in [-0.05, 0) is 60.4 Å². The highest BCUT2D eigenvalue weighted by Crippen LogP contribution is 2.33. The first kappa shape index (κ1) is 30.8. The molecule has 3 heterocycles. The van der Waals surface area contributed by atoms with Crippen molar-refractivity contribution < 1.29 is 22.8 Å². The van der Waals surface area contributed by atoms with Gasteiger partial charge >= 0.3 is 6.18 Å². The highest BCUT2D eigenvalue weighted by atomic mass is 19.4. The Kier molecular flexibility index (Phi) is 9.30. The third-order valence-corrected chi connectivity index (χ3v) is 8.15. The fourth-order valence-corrected chi connectivity index (χ4v) is 5.48. The minimum Gasteiger partial charge on any atom is -0.368 e. The zero-order chi connectivity index (χ0) is 31.3. The number of hydrogen-bond donors (Lipinski definition) is 1. The van der Waals surface area contributed by atoms with Crippen LogP contribution in [0.5, 0.6) is 0 Å². The maximum atomic E-state index is 13.1. The zero-order valence-corrected chi connectivity index (χ0v) is 24.2. The van der Waals surface area contributed by atoms with Gasteiger partial charge < -0.3 is 15.1 Å². The minimum atomic E-state index is -4.47. The zero-order valence-electron chi connectivity index (χ0n) is 24.2. The second kappa shape index (κ2) is 13.3. The maximum Gasteiger partial charge on any atom is 0.416 e. The Morgan fingerprint density at radius 3 is 2.11 bits per heavy atom. The quantitative estimate of drug-likeness (QED) is 0.414. The third-order valence-electron chi connectivity index (χ3n) is 8.15. The molecule has 0 unspecified atom stereocenters. The van der Waals surface area contributed by atoms with Crippen molar-refractivity contribution >= 4 is 23.1 Å². The van der Waals surface area contributed by atoms with E-state index < -0.39 is 11.7 Å². The molecular weight excluding hydrogens is 569 g/mol. The van der Waals surface area contributed by atoms with Crippen molar-refractivity contribution in [2.45, 2.75) is 31.6 Å². The smallest absolute Gasteiger partial charge is 0.368 e. The van der Waals surface area contributed by atoms with E-state index in [1.165, 1.54) is 18.3 Å². The van der Waals surface area contributed by atoms with Crippen LogP contribution in [0.1, 0.15) is 50.4 Å². The van der Waals surface area contributed by atoms with Gasteiger partial charge in [0.2, 0.25) is 0 Å². The van der Waals surface area contributed by atoms with Gasteiger partial charge in [0.15, 0.2) is 0 Å². The number of amides is 2. The number of likely N-dealkylation sites (tertiary alicyclic amines) is 1. The molecule has 2 amide bonds. The summed E-state index contributed by atoms with van der Waals surface area (Å²) in [4.78, 5) is 36.2. The molecule has 1 aromatic heterocycles. The van der Waals surface area contributed by atoms with Crippen LogP contribution in [-0.4, -0.2) is 78.1 Å². The Morgan fingerprint density at radius 2 is 1.55 bits per heavy atom. The first-order valence-corrected chi connectivity index (χ1v) is 14.5. The molecule has 2 fully saturated rings. The molecular formula is C33H33F3N6O2. The lowest BCUT2D eigenvalue weighted by molar-refractivity contribution is -0.0686. The minimum absolute atomic E-state index is 0.0289. The summed E-state index contributed by atoms with van der Waals surface area (Å²) in [7, 11) is 0. The van der Waals surface area contributed by atoms with E-state index in [2.05, 4.69) is 27.8 Å². The van der Waals surface area contributed by atoms with E-state index in [9.17, 15) is 22.8 Å². The molecule has 0 radical (unpaired) electrons. The van der Waals surface area contributed by atoms with E-state index in [4.69, 9.17) is 5.26 Å². The van der Waals surface area contributed by atoms with Crippen LogP contribution in [0.4, 0.5) is 18.9 Å². The Hall–Kier alpha value is -4.69. The first-order chi connectivity index (χ1) is 21.1. The number of piperazine rings is 1. The Balaban J connectivity index is 1.07. The molecule has 228 valence electrons. The van der Waals surface area contributed by atoms with Crippen LogP contribution in [0.15, 0.2) is 73.4 Å². The van der Waals surface area contributed by atoms with Crippen molar-refractivity contribution in [3.63, 3.8) is 0 Å². The number of aromatic nitrogens is 1. The second-order valence-corrected chi connectivity index (χ2v) is 11.1. The van der Waals surface area contributed by atoms with Crippen molar-refractivity contribution in [1.82, 2.24) is 20.1 Å². The predicted molar refractivity (Wildman–Crippen MR) is 161 cm³/mol. The molecule has 8 nitrogen and oxygen atoms in total. The predicted octanol–water partition coefficient (Wildman–Crippen LogP) is 4.89. The molecule has 2 saturated heterocycles. The van der Waals surface area contributed by atoms with E-state index in [-0.39, 0.29) is 29.1 Å². The molecule has 44 heavy (non-hydrogen) atoms. The summed E-state index contributed by atoms with van der Waals surface area (Å²) in [6.07, 6.45) is -1.41. The number of halogens is 3. The van der Waals surface area contributed by atoms with Crippen molar-refractivity contribution in [2.75, 3.05) is 44.2 Å². The molecule has 0 spiro atoms. The number of carbonyl (C=O) groups excluding carboxylic acids is 2. The van der Waals surface area contributed by atoms with E-state index in [1.807, 2.05) is 29.2 Å². The molecule has 5 rings (SSSR count). The summed E-state index contributed by atoms with van der Waals surface area (Å²) in [6.45, 7) is 7.59. The highest BCUT2D eigenvalue weighted by molar-refractivity contribution is 5.96. The third kappa shape index (κ3) is 7.44. The molecule has 2 aliphatic heterocycles. The lowest BCUT2D eigenvalue weighted by Gasteiger charge is -2.36. The summed E-state index contributed by atoms with van der Waals surface area (Å²) in [5.41, 5.74) is 2.37. The average molecular weight is 603 g/mol. The number of carbonyl (C=O) groups is 2. The van der Waals surface area contributed by atoms with Gasteiger partial charge in [0.1, 0.15) is 5.69 Å². The van der Waals surface area contributed by atoms with Crippen molar-refractivity contribution in [3.05, 3.63) is 101 Å². The van der Waals surface area contributed by atoms with Gasteiger partial charge in [-0.3, -0.25) is 19.5 Å². The van der Waals surface area contributed by atoms with Crippen molar-refractivity contribution in [3.8, 4) is 6.07 Å². The lowest BCUT2D eigenvalue weighted by Crippen LogP contribution is -2.48. The van der Waals surface area contributed by atoms with Crippen LogP contribution in [0, 0.1) is 11.3 Å². The topological polar surface area (TPSA) is 92.6 Å². The number of nitriles is 1. The number of rotatable bonds is 7. The fourth-order valence-electron chi connectivity index (χ4n) is 5.48. The number of benzene rings is 2. The standard InChI is InChI=1S/C33H33F3N6O2/c1-23(33(34,35)36)26-6-9-29(10-7-26)41-16-18-42(19-17-41)32(44)27-8-11-30(38-21-27)31(43)39-28-12-14-40(15-13-28)22-25-4-2-24(20-37)3-5-25/h2-11,21,28H,1,12-19,22H2,(H,39,43). The number of alkyl halides is 3. The number of hydrogen-bond acceptors (Lipinski definition) is 6. The normalized spacial score (nSPS) is 16.3. The van der Waals surface area contributed by atoms with Crippen LogP contribution in [0.2, 0.25) is 0 Å². The summed E-state index contributed by atoms with van der Waals surface area (Å²) >= 11 is 0. The average Bonchev–Trinajstić information content (AvgIpc) is 3.05. The van der Waals surface area contributed by atoms with Crippen LogP contribution in [0.3, 0.4) is 0 Å². The Bertz CT molecular complexity index is 1520. The summed E-state index contributed by atoms with van der Waals surface area (Å²) in [5, 5.41) is 12.0. The van der Waals surface area contributed by atoms with Gasteiger partial charge in [-0.1, -0.05) is 30.8 Å². The molecule has 0 bridgehead atoms. The lowest BCUT2D eigenvalue weighted by atomic mass is 10.0. The number of allylic oxidation sites excluding steroid dienone is 1. The molecule has 0 atom stereocenters. The molecule has 1 N–H and O–H groups in total. The van der Waals surface area contributed by atoms with Crippen molar-refractivity contribution in [2.24, 2.45) is 0 Å². The SMILES string of the molecule is C=C(c1ccc(N2CCN(C(=O)c3ccc(C(=O)NC4CCN(Cc5ccc(C#N)cc5)CC4)nc3)CC2)cc1)C(F)(F)F. The Morgan fingerprint density at radius 1 is 0.909 bits per heavy atom. The summed E-state index contributed by atoms with van der Waals surface area (Å²) in [6, 6.07) is 19.0. The van der Waals surface area contributed by atoms with Crippen LogP contribution < -0.4 is 10.2 Å². The molecule has 0 aliphatic carbocycles. The summed E-state index contributed by atoms with van der Waals surface area (Å²) in [5.74, 6) is -0.455. The number of anilines is 1. The van der Waals surface area contributed by atoms with Gasteiger partial charge in [0.05, 0.1) is 22.8 Å². The van der Waals surface area contributed by atoms with Gasteiger partial charge in [0, 0.05) is 63.7 Å². The van der Waals surface area contributed by atoms with E-state index >= 15 is 0 Å². The summed E-state index contributed by atoms with van der Waals surface area (Å²) < 4.78 is 38.7. The first-order valence-electron chi connectivity index (χ1n) is 14.5. The molecule has 2 aliphatic rings. The van der Waals surface area contributed by atoms with Gasteiger partial charge in [-0.25, -0.2) is 0 Å². The van der Waals surface area contributed by atoms with Gasteiger partial charge in [0.25, 0.3) is 11.8 Å². The second-order valence-electron chi connectivity index (χ2n) is 11.1. The number of pyridine rings is 1. The molecule has 11 heteroatoms. The van der Waals surface area contributed by atoms with Crippen molar-refractivity contribution in [1.29, 1.82) is 5.26 Å². The molecule has 2 aromatic carbocycles. The Labute approximate surface area is 254 Å². The monoisotopic (exact) mass is 602 g/mol. The number of piperidine rings is 1. The number of nitrogens with one attached hydrogen (secondary N) is 1. The number of nitrogens with zero attached hydrogens (tertiary/aromatic N) is 5. The van der Waals surface area contributed by atoms with Gasteiger partial charge in [-0.2, -0.15) is 18.4 Å². The fraction of sp³-hybridized carbons (Fsp3) is 0.333.